The Kier molecular flexibility index (Phi) is 17.7. The monoisotopic (exact) mass is 425 g/mol. The predicted octanol–water partition coefficient (Wildman–Crippen LogP) is 8.33. The Hall–Kier alpha value is -1.16. The molecular formula is C26H45F2NO. The van der Waals surface area contributed by atoms with E-state index in [0.29, 0.717) is 6.42 Å². The first-order valence-electron chi connectivity index (χ1n) is 12.4. The highest BCUT2D eigenvalue weighted by molar-refractivity contribution is 5.39. The van der Waals surface area contributed by atoms with E-state index >= 15 is 0 Å². The van der Waals surface area contributed by atoms with E-state index in [1.54, 1.807) is 0 Å². The fraction of sp³-hybridized carbons (Fsp3) is 0.769. The molecule has 1 aromatic carbocycles. The van der Waals surface area contributed by atoms with Gasteiger partial charge in [0.2, 0.25) is 6.43 Å². The topological polar surface area (TPSA) is 35.2 Å². The highest BCUT2D eigenvalue weighted by Gasteiger charge is 2.01. The van der Waals surface area contributed by atoms with Crippen LogP contribution in [0.3, 0.4) is 0 Å². The molecule has 0 spiro atoms. The minimum atomic E-state index is -2.13. The molecule has 0 unspecified atom stereocenters. The summed E-state index contributed by atoms with van der Waals surface area (Å²) < 4.78 is 29.7. The van der Waals surface area contributed by atoms with Crippen molar-refractivity contribution in [1.82, 2.24) is 0 Å². The van der Waals surface area contributed by atoms with E-state index in [1.807, 2.05) is 12.1 Å². The summed E-state index contributed by atoms with van der Waals surface area (Å²) in [4.78, 5) is 0. The number of anilines is 1. The Morgan fingerprint density at radius 1 is 0.600 bits per heavy atom. The predicted molar refractivity (Wildman–Crippen MR) is 125 cm³/mol. The number of rotatable bonds is 21. The van der Waals surface area contributed by atoms with E-state index in [2.05, 4.69) is 12.1 Å². The Bertz CT molecular complexity index is 478. The number of unbranched alkanes of at least 4 members (excludes halogenated alkanes) is 13. The van der Waals surface area contributed by atoms with E-state index in [4.69, 9.17) is 10.5 Å². The van der Waals surface area contributed by atoms with Crippen molar-refractivity contribution in [3.05, 3.63) is 29.8 Å². The molecule has 174 valence electrons. The number of nitrogen functional groups attached to an aromatic ring is 1. The first-order valence-corrected chi connectivity index (χ1v) is 12.4. The summed E-state index contributed by atoms with van der Waals surface area (Å²) in [7, 11) is 0. The molecule has 0 saturated carbocycles. The summed E-state index contributed by atoms with van der Waals surface area (Å²) in [5, 5.41) is 0. The Morgan fingerprint density at radius 2 is 1.03 bits per heavy atom. The number of hydrogen-bond donors (Lipinski definition) is 1. The van der Waals surface area contributed by atoms with Crippen LogP contribution in [0.2, 0.25) is 0 Å². The van der Waals surface area contributed by atoms with Gasteiger partial charge in [-0.2, -0.15) is 0 Å². The smallest absolute Gasteiger partial charge is 0.238 e. The van der Waals surface area contributed by atoms with Crippen molar-refractivity contribution in [3.8, 4) is 0 Å². The largest absolute Gasteiger partial charge is 0.399 e. The molecule has 0 bridgehead atoms. The van der Waals surface area contributed by atoms with Crippen LogP contribution in [0.25, 0.3) is 0 Å². The van der Waals surface area contributed by atoms with E-state index in [-0.39, 0.29) is 6.42 Å². The van der Waals surface area contributed by atoms with Crippen LogP contribution < -0.4 is 5.73 Å². The molecule has 0 aliphatic heterocycles. The van der Waals surface area contributed by atoms with Gasteiger partial charge in [0, 0.05) is 25.3 Å². The van der Waals surface area contributed by atoms with Gasteiger partial charge in [-0.3, -0.25) is 0 Å². The van der Waals surface area contributed by atoms with E-state index in [9.17, 15) is 8.78 Å². The molecular weight excluding hydrogens is 380 g/mol. The molecule has 0 aromatic heterocycles. The summed E-state index contributed by atoms with van der Waals surface area (Å²) in [6.07, 6.45) is 17.0. The van der Waals surface area contributed by atoms with Crippen LogP contribution in [0.5, 0.6) is 0 Å². The maximum atomic E-state index is 12.0. The molecule has 2 N–H and O–H groups in total. The Labute approximate surface area is 184 Å². The molecule has 0 saturated heterocycles. The zero-order valence-electron chi connectivity index (χ0n) is 19.1. The molecule has 30 heavy (non-hydrogen) atoms. The second-order valence-corrected chi connectivity index (χ2v) is 8.59. The number of ether oxygens (including phenoxy) is 1. The second-order valence-electron chi connectivity index (χ2n) is 8.59. The van der Waals surface area contributed by atoms with Crippen molar-refractivity contribution in [3.63, 3.8) is 0 Å². The number of hydrogen-bond acceptors (Lipinski definition) is 2. The lowest BCUT2D eigenvalue weighted by Crippen LogP contribution is -1.97. The SMILES string of the molecule is Nc1ccc(CCCCCCCCCCOCCCCCCCCCC(F)F)cc1. The average molecular weight is 426 g/mol. The lowest BCUT2D eigenvalue weighted by Gasteiger charge is -2.05. The van der Waals surface area contributed by atoms with Crippen LogP contribution >= 0.6 is 0 Å². The van der Waals surface area contributed by atoms with E-state index < -0.39 is 6.43 Å². The Morgan fingerprint density at radius 3 is 1.53 bits per heavy atom. The second kappa shape index (κ2) is 19.8. The number of halogens is 2. The lowest BCUT2D eigenvalue weighted by atomic mass is 10.0. The molecule has 0 fully saturated rings. The van der Waals surface area contributed by atoms with Gasteiger partial charge in [-0.15, -0.1) is 0 Å². The Balaban J connectivity index is 1.69. The fourth-order valence-corrected chi connectivity index (χ4v) is 3.77. The van der Waals surface area contributed by atoms with Gasteiger partial charge in [0.1, 0.15) is 0 Å². The van der Waals surface area contributed by atoms with Gasteiger partial charge in [-0.25, -0.2) is 8.78 Å². The van der Waals surface area contributed by atoms with Crippen molar-refractivity contribution in [2.45, 2.75) is 116 Å². The molecule has 0 heterocycles. The quantitative estimate of drug-likeness (QED) is 0.159. The minimum Gasteiger partial charge on any atom is -0.399 e. The molecule has 0 aliphatic rings. The summed E-state index contributed by atoms with van der Waals surface area (Å²) in [5.74, 6) is 0. The van der Waals surface area contributed by atoms with Gasteiger partial charge in [-0.05, 0) is 49.8 Å². The number of nitrogens with two attached hydrogens (primary N) is 1. The van der Waals surface area contributed by atoms with Crippen LogP contribution in [-0.2, 0) is 11.2 Å². The van der Waals surface area contributed by atoms with Gasteiger partial charge >= 0.3 is 0 Å². The number of benzene rings is 1. The third-order valence-electron chi connectivity index (χ3n) is 5.69. The number of aryl methyl sites for hydroxylation is 1. The van der Waals surface area contributed by atoms with Gasteiger partial charge in [0.15, 0.2) is 0 Å². The lowest BCUT2D eigenvalue weighted by molar-refractivity contribution is 0.125. The summed E-state index contributed by atoms with van der Waals surface area (Å²) in [6, 6.07) is 8.26. The van der Waals surface area contributed by atoms with Crippen LogP contribution in [-0.4, -0.2) is 19.6 Å². The maximum absolute atomic E-state index is 12.0. The van der Waals surface area contributed by atoms with Crippen molar-refractivity contribution in [2.75, 3.05) is 18.9 Å². The highest BCUT2D eigenvalue weighted by atomic mass is 19.3. The van der Waals surface area contributed by atoms with Crippen LogP contribution in [0.4, 0.5) is 14.5 Å². The zero-order chi connectivity index (χ0) is 21.7. The molecule has 0 atom stereocenters. The van der Waals surface area contributed by atoms with Crippen LogP contribution in [0.1, 0.15) is 108 Å². The van der Waals surface area contributed by atoms with Crippen LogP contribution in [0.15, 0.2) is 24.3 Å². The number of alkyl halides is 2. The molecule has 2 nitrogen and oxygen atoms in total. The molecule has 0 amide bonds. The average Bonchev–Trinajstić information content (AvgIpc) is 2.73. The summed E-state index contributed by atoms with van der Waals surface area (Å²) in [6.45, 7) is 1.77. The normalized spacial score (nSPS) is 11.4. The van der Waals surface area contributed by atoms with E-state index in [1.165, 1.54) is 82.6 Å². The zero-order valence-corrected chi connectivity index (χ0v) is 19.1. The summed E-state index contributed by atoms with van der Waals surface area (Å²) in [5.41, 5.74) is 7.95. The van der Waals surface area contributed by atoms with Crippen molar-refractivity contribution >= 4 is 5.69 Å². The fourth-order valence-electron chi connectivity index (χ4n) is 3.77. The molecule has 0 aliphatic carbocycles. The maximum Gasteiger partial charge on any atom is 0.238 e. The first kappa shape index (κ1) is 26.9. The van der Waals surface area contributed by atoms with Crippen molar-refractivity contribution < 1.29 is 13.5 Å². The summed E-state index contributed by atoms with van der Waals surface area (Å²) >= 11 is 0. The third kappa shape index (κ3) is 17.7. The first-order chi connectivity index (χ1) is 14.7. The third-order valence-corrected chi connectivity index (χ3v) is 5.69. The molecule has 1 aromatic rings. The minimum absolute atomic E-state index is 0.0686. The van der Waals surface area contributed by atoms with E-state index in [0.717, 1.165) is 38.2 Å². The van der Waals surface area contributed by atoms with Gasteiger partial charge in [0.05, 0.1) is 0 Å². The molecule has 1 rings (SSSR count). The molecule has 0 radical (unpaired) electrons. The van der Waals surface area contributed by atoms with Gasteiger partial charge in [-0.1, -0.05) is 82.8 Å². The van der Waals surface area contributed by atoms with Crippen molar-refractivity contribution in [2.24, 2.45) is 0 Å². The van der Waals surface area contributed by atoms with Gasteiger partial charge in [0.25, 0.3) is 0 Å². The molecule has 4 heteroatoms. The van der Waals surface area contributed by atoms with Crippen LogP contribution in [0, 0.1) is 0 Å². The van der Waals surface area contributed by atoms with Gasteiger partial charge < -0.3 is 10.5 Å². The standard InChI is InChI=1S/C26H45F2NO/c27-26(28)17-13-9-5-3-7-11-15-23-30-22-14-10-6-2-1-4-8-12-16-24-18-20-25(29)21-19-24/h18-21,26H,1-17,22-23,29H2. The van der Waals surface area contributed by atoms with Crippen molar-refractivity contribution in [1.29, 1.82) is 0 Å². The highest BCUT2D eigenvalue weighted by Crippen LogP contribution is 2.13.